The van der Waals surface area contributed by atoms with Gasteiger partial charge in [-0.3, -0.25) is 0 Å². The minimum Gasteiger partial charge on any atom is -0.504 e. The highest BCUT2D eigenvalue weighted by atomic mass is 16.9. The standard InChI is InChI=1S/C8H9NO5/c10-7-2-1-6(5-8(7)11)3-4-14-9(12)13/h1-2,5,10-11H,3-4H2. The van der Waals surface area contributed by atoms with Crippen LogP contribution in [0.15, 0.2) is 18.2 Å². The zero-order chi connectivity index (χ0) is 10.6. The van der Waals surface area contributed by atoms with Crippen LogP contribution in [0.3, 0.4) is 0 Å². The molecule has 0 fully saturated rings. The number of nitrogens with zero attached hydrogens (tertiary/aromatic N) is 1. The fourth-order valence-electron chi connectivity index (χ4n) is 0.963. The van der Waals surface area contributed by atoms with Gasteiger partial charge in [0, 0.05) is 0 Å². The van der Waals surface area contributed by atoms with Gasteiger partial charge in [-0.15, -0.1) is 10.1 Å². The molecule has 76 valence electrons. The van der Waals surface area contributed by atoms with E-state index in [0.717, 1.165) is 0 Å². The van der Waals surface area contributed by atoms with Crippen LogP contribution in [-0.4, -0.2) is 21.9 Å². The molecule has 2 N–H and O–H groups in total. The third kappa shape index (κ3) is 2.81. The van der Waals surface area contributed by atoms with E-state index in [2.05, 4.69) is 4.84 Å². The molecular weight excluding hydrogens is 190 g/mol. The number of rotatable bonds is 4. The van der Waals surface area contributed by atoms with Gasteiger partial charge in [0.1, 0.15) is 6.61 Å². The Morgan fingerprint density at radius 2 is 2.07 bits per heavy atom. The summed E-state index contributed by atoms with van der Waals surface area (Å²) >= 11 is 0. The summed E-state index contributed by atoms with van der Waals surface area (Å²) in [4.78, 5) is 13.9. The van der Waals surface area contributed by atoms with Crippen LogP contribution in [0.1, 0.15) is 5.56 Å². The van der Waals surface area contributed by atoms with Gasteiger partial charge in [-0.25, -0.2) is 0 Å². The second-order valence-corrected chi connectivity index (χ2v) is 2.63. The van der Waals surface area contributed by atoms with Gasteiger partial charge in [-0.05, 0) is 24.1 Å². The quantitative estimate of drug-likeness (QED) is 0.426. The van der Waals surface area contributed by atoms with Crippen molar-refractivity contribution >= 4 is 0 Å². The fraction of sp³-hybridized carbons (Fsp3) is 0.250. The third-order valence-corrected chi connectivity index (χ3v) is 1.63. The summed E-state index contributed by atoms with van der Waals surface area (Å²) in [6, 6.07) is 4.20. The van der Waals surface area contributed by atoms with Crippen molar-refractivity contribution in [1.82, 2.24) is 0 Å². The third-order valence-electron chi connectivity index (χ3n) is 1.63. The predicted octanol–water partition coefficient (Wildman–Crippen LogP) is 0.849. The highest BCUT2D eigenvalue weighted by Gasteiger charge is 2.01. The molecule has 0 spiro atoms. The Hall–Kier alpha value is -1.98. The lowest BCUT2D eigenvalue weighted by atomic mass is 10.1. The molecule has 1 aromatic carbocycles. The van der Waals surface area contributed by atoms with Gasteiger partial charge < -0.3 is 15.1 Å². The predicted molar refractivity (Wildman–Crippen MR) is 46.4 cm³/mol. The zero-order valence-electron chi connectivity index (χ0n) is 7.21. The second-order valence-electron chi connectivity index (χ2n) is 2.63. The van der Waals surface area contributed by atoms with Crippen LogP contribution in [-0.2, 0) is 11.3 Å². The first-order chi connectivity index (χ1) is 6.59. The summed E-state index contributed by atoms with van der Waals surface area (Å²) in [7, 11) is 0. The smallest absolute Gasteiger partial charge is 0.294 e. The number of aromatic hydroxyl groups is 2. The average Bonchev–Trinajstić information content (AvgIpc) is 2.10. The lowest BCUT2D eigenvalue weighted by Gasteiger charge is -2.02. The van der Waals surface area contributed by atoms with Gasteiger partial charge in [-0.2, -0.15) is 0 Å². The first-order valence-electron chi connectivity index (χ1n) is 3.88. The summed E-state index contributed by atoms with van der Waals surface area (Å²) in [5, 5.41) is 27.0. The molecule has 1 aromatic rings. The molecular formula is C8H9NO5. The van der Waals surface area contributed by atoms with Crippen molar-refractivity contribution in [3.8, 4) is 11.5 Å². The van der Waals surface area contributed by atoms with Crippen LogP contribution in [0.25, 0.3) is 0 Å². The van der Waals surface area contributed by atoms with Crippen molar-refractivity contribution in [2.45, 2.75) is 6.42 Å². The van der Waals surface area contributed by atoms with Crippen molar-refractivity contribution in [3.05, 3.63) is 33.9 Å². The van der Waals surface area contributed by atoms with Crippen molar-refractivity contribution in [1.29, 1.82) is 0 Å². The van der Waals surface area contributed by atoms with Gasteiger partial charge in [0.05, 0.1) is 0 Å². The zero-order valence-corrected chi connectivity index (χ0v) is 7.21. The lowest BCUT2D eigenvalue weighted by Crippen LogP contribution is -2.04. The second kappa shape index (κ2) is 4.31. The Bertz CT molecular complexity index is 339. The van der Waals surface area contributed by atoms with Crippen molar-refractivity contribution < 1.29 is 20.1 Å². The molecule has 1 rings (SSSR count). The molecule has 14 heavy (non-hydrogen) atoms. The number of phenolic OH excluding ortho intramolecular Hbond substituents is 2. The summed E-state index contributed by atoms with van der Waals surface area (Å²) in [5.41, 5.74) is 0.655. The van der Waals surface area contributed by atoms with Crippen LogP contribution in [0.2, 0.25) is 0 Å². The van der Waals surface area contributed by atoms with E-state index in [1.807, 2.05) is 0 Å². The van der Waals surface area contributed by atoms with Gasteiger partial charge in [0.2, 0.25) is 0 Å². The van der Waals surface area contributed by atoms with Crippen molar-refractivity contribution in [2.75, 3.05) is 6.61 Å². The van der Waals surface area contributed by atoms with E-state index in [4.69, 9.17) is 10.2 Å². The van der Waals surface area contributed by atoms with E-state index in [0.29, 0.717) is 12.0 Å². The van der Waals surface area contributed by atoms with Crippen molar-refractivity contribution in [2.24, 2.45) is 0 Å². The summed E-state index contributed by atoms with van der Waals surface area (Å²) < 4.78 is 0. The molecule has 0 heterocycles. The molecule has 0 amide bonds. The van der Waals surface area contributed by atoms with E-state index in [-0.39, 0.29) is 18.1 Å². The highest BCUT2D eigenvalue weighted by Crippen LogP contribution is 2.24. The average molecular weight is 199 g/mol. The molecule has 0 radical (unpaired) electrons. The summed E-state index contributed by atoms with van der Waals surface area (Å²) in [5.74, 6) is -0.465. The number of phenols is 2. The Morgan fingerprint density at radius 1 is 1.36 bits per heavy atom. The molecule has 0 unspecified atom stereocenters. The highest BCUT2D eigenvalue weighted by molar-refractivity contribution is 5.40. The number of benzene rings is 1. The van der Waals surface area contributed by atoms with E-state index < -0.39 is 5.09 Å². The summed E-state index contributed by atoms with van der Waals surface area (Å²) in [6.07, 6.45) is 0.300. The molecule has 0 saturated heterocycles. The molecule has 0 aromatic heterocycles. The Labute approximate surface area is 79.5 Å². The van der Waals surface area contributed by atoms with Gasteiger partial charge >= 0.3 is 0 Å². The minimum atomic E-state index is -0.875. The molecule has 0 saturated carbocycles. The number of hydrogen-bond acceptors (Lipinski definition) is 5. The Balaban J connectivity index is 2.51. The maximum atomic E-state index is 9.80. The molecule has 6 heteroatoms. The number of hydrogen-bond donors (Lipinski definition) is 2. The van der Waals surface area contributed by atoms with E-state index in [1.165, 1.54) is 12.1 Å². The van der Waals surface area contributed by atoms with Gasteiger partial charge in [0.25, 0.3) is 5.09 Å². The maximum absolute atomic E-state index is 9.80. The van der Waals surface area contributed by atoms with E-state index in [1.54, 1.807) is 6.07 Å². The lowest BCUT2D eigenvalue weighted by molar-refractivity contribution is -0.757. The maximum Gasteiger partial charge on any atom is 0.294 e. The summed E-state index contributed by atoms with van der Waals surface area (Å²) in [6.45, 7) is -0.0722. The molecule has 0 atom stereocenters. The normalized spacial score (nSPS) is 9.71. The SMILES string of the molecule is O=[N+]([O-])OCCc1ccc(O)c(O)c1. The van der Waals surface area contributed by atoms with E-state index >= 15 is 0 Å². The topological polar surface area (TPSA) is 92.8 Å². The molecule has 0 aliphatic rings. The van der Waals surface area contributed by atoms with Crippen LogP contribution in [0.4, 0.5) is 0 Å². The molecule has 0 bridgehead atoms. The minimum absolute atomic E-state index is 0.0722. The Kier molecular flexibility index (Phi) is 3.11. The fourth-order valence-corrected chi connectivity index (χ4v) is 0.963. The van der Waals surface area contributed by atoms with Gasteiger partial charge in [-0.1, -0.05) is 6.07 Å². The molecule has 0 aliphatic heterocycles. The molecule has 0 aliphatic carbocycles. The first kappa shape index (κ1) is 10.1. The van der Waals surface area contributed by atoms with Crippen molar-refractivity contribution in [3.63, 3.8) is 0 Å². The first-order valence-corrected chi connectivity index (χ1v) is 3.88. The Morgan fingerprint density at radius 3 is 2.64 bits per heavy atom. The van der Waals surface area contributed by atoms with Crippen LogP contribution in [0, 0.1) is 10.1 Å². The van der Waals surface area contributed by atoms with Crippen LogP contribution < -0.4 is 0 Å². The largest absolute Gasteiger partial charge is 0.504 e. The van der Waals surface area contributed by atoms with Crippen LogP contribution >= 0.6 is 0 Å². The van der Waals surface area contributed by atoms with Crippen LogP contribution in [0.5, 0.6) is 11.5 Å². The van der Waals surface area contributed by atoms with Gasteiger partial charge in [0.15, 0.2) is 11.5 Å². The monoisotopic (exact) mass is 199 g/mol. The van der Waals surface area contributed by atoms with E-state index in [9.17, 15) is 10.1 Å². The molecule has 6 nitrogen and oxygen atoms in total.